The minimum Gasteiger partial charge on any atom is -0.497 e. The third-order valence-electron chi connectivity index (χ3n) is 3.61. The summed E-state index contributed by atoms with van der Waals surface area (Å²) in [4.78, 5) is 13.3. The van der Waals surface area contributed by atoms with Crippen LogP contribution in [-0.4, -0.2) is 33.5 Å². The van der Waals surface area contributed by atoms with Crippen molar-refractivity contribution in [1.82, 2.24) is 14.8 Å². The lowest BCUT2D eigenvalue weighted by Crippen LogP contribution is -2.15. The molecule has 3 rings (SSSR count). The second-order valence-corrected chi connectivity index (χ2v) is 7.71. The number of methoxy groups -OCH3 is 1. The molecule has 1 amide bonds. The van der Waals surface area contributed by atoms with E-state index in [-0.39, 0.29) is 17.7 Å². The van der Waals surface area contributed by atoms with Crippen molar-refractivity contribution >= 4 is 34.7 Å². The fourth-order valence-corrected chi connectivity index (χ4v) is 4.02. The standard InChI is InChI=1S/C18H20N4O2S2/c1-12(2)22-17(15-8-5-9-25-15)20-21-18(22)26-11-16(23)19-13-6-4-7-14(10-13)24-3/h4-10,12H,11H2,1-3H3,(H,19,23). The van der Waals surface area contributed by atoms with Gasteiger partial charge in [-0.05, 0) is 37.4 Å². The van der Waals surface area contributed by atoms with Gasteiger partial charge in [-0.15, -0.1) is 21.5 Å². The third-order valence-corrected chi connectivity index (χ3v) is 5.42. The summed E-state index contributed by atoms with van der Waals surface area (Å²) in [6.45, 7) is 4.17. The molecule has 0 atom stereocenters. The molecular formula is C18H20N4O2S2. The number of aromatic nitrogens is 3. The number of ether oxygens (including phenoxy) is 1. The van der Waals surface area contributed by atoms with E-state index in [1.54, 1.807) is 24.5 Å². The molecule has 0 spiro atoms. The van der Waals surface area contributed by atoms with Crippen molar-refractivity contribution in [2.24, 2.45) is 0 Å². The van der Waals surface area contributed by atoms with Gasteiger partial charge < -0.3 is 10.1 Å². The maximum atomic E-state index is 12.3. The van der Waals surface area contributed by atoms with E-state index in [4.69, 9.17) is 4.74 Å². The van der Waals surface area contributed by atoms with Crippen molar-refractivity contribution in [2.45, 2.75) is 25.0 Å². The molecule has 0 saturated carbocycles. The van der Waals surface area contributed by atoms with Crippen molar-refractivity contribution < 1.29 is 9.53 Å². The fourth-order valence-electron chi connectivity index (χ4n) is 2.44. The summed E-state index contributed by atoms with van der Waals surface area (Å²) in [6, 6.07) is 11.5. The highest BCUT2D eigenvalue weighted by Gasteiger charge is 2.18. The first-order valence-corrected chi connectivity index (χ1v) is 10.0. The molecule has 1 aromatic carbocycles. The zero-order valence-corrected chi connectivity index (χ0v) is 16.4. The van der Waals surface area contributed by atoms with E-state index in [0.717, 1.165) is 15.9 Å². The first-order valence-electron chi connectivity index (χ1n) is 8.14. The Hall–Kier alpha value is -2.32. The number of carbonyl (C=O) groups excluding carboxylic acids is 1. The van der Waals surface area contributed by atoms with Gasteiger partial charge in [0.25, 0.3) is 0 Å². The number of hydrogen-bond donors (Lipinski definition) is 1. The van der Waals surface area contributed by atoms with Gasteiger partial charge in [-0.25, -0.2) is 0 Å². The fraction of sp³-hybridized carbons (Fsp3) is 0.278. The van der Waals surface area contributed by atoms with Crippen LogP contribution < -0.4 is 10.1 Å². The van der Waals surface area contributed by atoms with Gasteiger partial charge in [0.2, 0.25) is 5.91 Å². The zero-order valence-electron chi connectivity index (χ0n) is 14.8. The molecule has 2 heterocycles. The zero-order chi connectivity index (χ0) is 18.5. The molecule has 0 bridgehead atoms. The molecule has 0 radical (unpaired) electrons. The van der Waals surface area contributed by atoms with Crippen LogP contribution in [-0.2, 0) is 4.79 Å². The van der Waals surface area contributed by atoms with Crippen LogP contribution in [0.5, 0.6) is 5.75 Å². The summed E-state index contributed by atoms with van der Waals surface area (Å²) in [5.74, 6) is 1.70. The SMILES string of the molecule is COc1cccc(NC(=O)CSc2nnc(-c3cccs3)n2C(C)C)c1. The molecule has 0 aliphatic carbocycles. The predicted octanol–water partition coefficient (Wildman–Crippen LogP) is 4.33. The summed E-state index contributed by atoms with van der Waals surface area (Å²) in [6.07, 6.45) is 0. The highest BCUT2D eigenvalue weighted by Crippen LogP contribution is 2.30. The highest BCUT2D eigenvalue weighted by atomic mass is 32.2. The Morgan fingerprint density at radius 2 is 2.15 bits per heavy atom. The molecular weight excluding hydrogens is 368 g/mol. The lowest BCUT2D eigenvalue weighted by molar-refractivity contribution is -0.113. The van der Waals surface area contributed by atoms with Gasteiger partial charge in [0, 0.05) is 17.8 Å². The molecule has 0 fully saturated rings. The van der Waals surface area contributed by atoms with Crippen molar-refractivity contribution in [3.05, 3.63) is 41.8 Å². The monoisotopic (exact) mass is 388 g/mol. The molecule has 0 aliphatic rings. The van der Waals surface area contributed by atoms with Crippen LogP contribution in [0.15, 0.2) is 46.9 Å². The Labute approximate surface area is 160 Å². The molecule has 26 heavy (non-hydrogen) atoms. The van der Waals surface area contributed by atoms with Crippen molar-refractivity contribution in [1.29, 1.82) is 0 Å². The summed E-state index contributed by atoms with van der Waals surface area (Å²) >= 11 is 3.01. The minimum atomic E-state index is -0.0979. The topological polar surface area (TPSA) is 69.0 Å². The van der Waals surface area contributed by atoms with Gasteiger partial charge in [-0.3, -0.25) is 9.36 Å². The summed E-state index contributed by atoms with van der Waals surface area (Å²) in [5, 5.41) is 14.2. The van der Waals surface area contributed by atoms with E-state index in [0.29, 0.717) is 11.4 Å². The highest BCUT2D eigenvalue weighted by molar-refractivity contribution is 7.99. The summed E-state index contributed by atoms with van der Waals surface area (Å²) in [5.41, 5.74) is 0.708. The van der Waals surface area contributed by atoms with Crippen molar-refractivity contribution in [3.8, 4) is 16.5 Å². The van der Waals surface area contributed by atoms with Gasteiger partial charge in [-0.2, -0.15) is 0 Å². The van der Waals surface area contributed by atoms with E-state index in [1.165, 1.54) is 11.8 Å². The quantitative estimate of drug-likeness (QED) is 0.610. The Morgan fingerprint density at radius 3 is 2.85 bits per heavy atom. The number of benzene rings is 1. The number of nitrogens with one attached hydrogen (secondary N) is 1. The van der Waals surface area contributed by atoms with E-state index < -0.39 is 0 Å². The van der Waals surface area contributed by atoms with Crippen molar-refractivity contribution in [2.75, 3.05) is 18.2 Å². The van der Waals surface area contributed by atoms with Crippen LogP contribution in [0.3, 0.4) is 0 Å². The van der Waals surface area contributed by atoms with Gasteiger partial charge in [0.15, 0.2) is 11.0 Å². The molecule has 1 N–H and O–H groups in total. The first kappa shape index (κ1) is 18.5. The molecule has 6 nitrogen and oxygen atoms in total. The second kappa shape index (κ2) is 8.37. The molecule has 0 unspecified atom stereocenters. The number of thioether (sulfide) groups is 1. The van der Waals surface area contributed by atoms with E-state index in [9.17, 15) is 4.79 Å². The summed E-state index contributed by atoms with van der Waals surface area (Å²) in [7, 11) is 1.60. The van der Waals surface area contributed by atoms with Crippen LogP contribution in [0, 0.1) is 0 Å². The number of anilines is 1. The van der Waals surface area contributed by atoms with Gasteiger partial charge >= 0.3 is 0 Å². The van der Waals surface area contributed by atoms with Crippen molar-refractivity contribution in [3.63, 3.8) is 0 Å². The van der Waals surface area contributed by atoms with Crippen LogP contribution in [0.25, 0.3) is 10.7 Å². The van der Waals surface area contributed by atoms with Gasteiger partial charge in [0.05, 0.1) is 17.7 Å². The Kier molecular flexibility index (Phi) is 5.95. The van der Waals surface area contributed by atoms with Gasteiger partial charge in [0.1, 0.15) is 5.75 Å². The number of rotatable bonds is 7. The number of thiophene rings is 1. The van der Waals surface area contributed by atoms with Crippen LogP contribution in [0.1, 0.15) is 19.9 Å². The lowest BCUT2D eigenvalue weighted by atomic mass is 10.3. The van der Waals surface area contributed by atoms with E-state index >= 15 is 0 Å². The molecule has 0 aliphatic heterocycles. The maximum Gasteiger partial charge on any atom is 0.234 e. The maximum absolute atomic E-state index is 12.3. The van der Waals surface area contributed by atoms with Crippen LogP contribution in [0.4, 0.5) is 5.69 Å². The van der Waals surface area contributed by atoms with Crippen LogP contribution >= 0.6 is 23.1 Å². The third kappa shape index (κ3) is 4.25. The number of amides is 1. The molecule has 136 valence electrons. The Balaban J connectivity index is 1.68. The smallest absolute Gasteiger partial charge is 0.234 e. The largest absolute Gasteiger partial charge is 0.497 e. The first-order chi connectivity index (χ1) is 12.6. The van der Waals surface area contributed by atoms with E-state index in [2.05, 4.69) is 33.9 Å². The molecule has 2 aromatic heterocycles. The van der Waals surface area contributed by atoms with Crippen LogP contribution in [0.2, 0.25) is 0 Å². The normalized spacial score (nSPS) is 10.9. The average molecular weight is 389 g/mol. The Bertz CT molecular complexity index is 875. The lowest BCUT2D eigenvalue weighted by Gasteiger charge is -2.13. The number of nitrogens with zero attached hydrogens (tertiary/aromatic N) is 3. The molecule has 8 heteroatoms. The average Bonchev–Trinajstić information content (AvgIpc) is 3.29. The number of carbonyl (C=O) groups is 1. The van der Waals surface area contributed by atoms with E-state index in [1.807, 2.05) is 35.7 Å². The molecule has 3 aromatic rings. The minimum absolute atomic E-state index is 0.0979. The summed E-state index contributed by atoms with van der Waals surface area (Å²) < 4.78 is 7.23. The predicted molar refractivity (Wildman–Crippen MR) is 106 cm³/mol. The number of hydrogen-bond acceptors (Lipinski definition) is 6. The Morgan fingerprint density at radius 1 is 1.31 bits per heavy atom. The van der Waals surface area contributed by atoms with Gasteiger partial charge in [-0.1, -0.05) is 23.9 Å². The second-order valence-electron chi connectivity index (χ2n) is 5.82. The molecule has 0 saturated heterocycles.